The largest absolute Gasteiger partial charge is 0.467 e. The number of nitrogens with zero attached hydrogens (tertiary/aromatic N) is 1. The number of carbonyl (C=O) groups is 3. The molecule has 1 aliphatic rings. The summed E-state index contributed by atoms with van der Waals surface area (Å²) in [6.07, 6.45) is 1.68. The van der Waals surface area contributed by atoms with E-state index in [0.717, 1.165) is 0 Å². The van der Waals surface area contributed by atoms with Gasteiger partial charge in [0.15, 0.2) is 5.78 Å². The lowest BCUT2D eigenvalue weighted by molar-refractivity contribution is -0.155. The second-order valence-corrected chi connectivity index (χ2v) is 4.07. The zero-order valence-corrected chi connectivity index (χ0v) is 10.5. The summed E-state index contributed by atoms with van der Waals surface area (Å²) in [5.41, 5.74) is 0.563. The Bertz CT molecular complexity index is 386. The molecule has 2 atom stereocenters. The molecule has 0 aromatic carbocycles. The van der Waals surface area contributed by atoms with E-state index in [0.29, 0.717) is 5.57 Å². The number of methoxy groups -OCH3 is 1. The highest BCUT2D eigenvalue weighted by Gasteiger charge is 2.39. The molecule has 2 unspecified atom stereocenters. The van der Waals surface area contributed by atoms with Gasteiger partial charge in [-0.1, -0.05) is 6.08 Å². The smallest absolute Gasteiger partial charge is 0.328 e. The van der Waals surface area contributed by atoms with E-state index in [1.165, 1.54) is 12.0 Å². The van der Waals surface area contributed by atoms with Gasteiger partial charge >= 0.3 is 5.97 Å². The summed E-state index contributed by atoms with van der Waals surface area (Å²) in [7, 11) is 1.28. The summed E-state index contributed by atoms with van der Waals surface area (Å²) in [6, 6.07) is -0.669. The van der Waals surface area contributed by atoms with Crippen molar-refractivity contribution in [2.45, 2.75) is 26.8 Å². The first-order chi connectivity index (χ1) is 7.93. The molecule has 5 heteroatoms. The highest BCUT2D eigenvalue weighted by Crippen LogP contribution is 2.21. The van der Waals surface area contributed by atoms with Crippen molar-refractivity contribution in [3.8, 4) is 0 Å². The quantitative estimate of drug-likeness (QED) is 0.401. The van der Waals surface area contributed by atoms with Crippen LogP contribution in [0.3, 0.4) is 0 Å². The summed E-state index contributed by atoms with van der Waals surface area (Å²) in [5.74, 6) is -1.68. The Morgan fingerprint density at radius 3 is 2.59 bits per heavy atom. The molecule has 1 fully saturated rings. The number of allylic oxidation sites excluding steroid dienone is 1. The van der Waals surface area contributed by atoms with E-state index in [1.54, 1.807) is 26.8 Å². The molecule has 1 saturated heterocycles. The Morgan fingerprint density at radius 1 is 1.53 bits per heavy atom. The minimum absolute atomic E-state index is 0.161. The molecule has 0 aromatic rings. The van der Waals surface area contributed by atoms with Crippen LogP contribution in [0.5, 0.6) is 0 Å². The van der Waals surface area contributed by atoms with E-state index < -0.39 is 17.9 Å². The van der Waals surface area contributed by atoms with E-state index in [-0.39, 0.29) is 18.2 Å². The van der Waals surface area contributed by atoms with Crippen LogP contribution in [-0.2, 0) is 19.1 Å². The molecule has 0 saturated carbocycles. The fourth-order valence-electron chi connectivity index (χ4n) is 1.84. The van der Waals surface area contributed by atoms with Crippen molar-refractivity contribution < 1.29 is 19.1 Å². The number of rotatable bonds is 2. The van der Waals surface area contributed by atoms with Crippen molar-refractivity contribution in [2.24, 2.45) is 5.92 Å². The molecule has 0 aliphatic carbocycles. The number of amides is 1. The molecule has 0 bridgehead atoms. The Morgan fingerprint density at radius 2 is 2.12 bits per heavy atom. The highest BCUT2D eigenvalue weighted by molar-refractivity contribution is 6.12. The monoisotopic (exact) mass is 239 g/mol. The fraction of sp³-hybridized carbons (Fsp3) is 0.583. The van der Waals surface area contributed by atoms with Gasteiger partial charge in [-0.05, 0) is 20.8 Å². The number of piperidine rings is 1. The molecule has 0 N–H and O–H groups in total. The third-order valence-electron chi connectivity index (χ3n) is 3.06. The van der Waals surface area contributed by atoms with Gasteiger partial charge in [0.2, 0.25) is 5.91 Å². The molecular formula is C12H17NO4. The van der Waals surface area contributed by atoms with Gasteiger partial charge in [-0.3, -0.25) is 9.59 Å². The van der Waals surface area contributed by atoms with Crippen LogP contribution in [0.25, 0.3) is 0 Å². The SMILES string of the molecule is C/C=C1\CN(C(C)C(=O)OC)C(=O)C(C)C1=O. The summed E-state index contributed by atoms with van der Waals surface area (Å²) in [5, 5.41) is 0. The van der Waals surface area contributed by atoms with Crippen LogP contribution in [0.4, 0.5) is 0 Å². The molecule has 1 aliphatic heterocycles. The third kappa shape index (κ3) is 2.38. The molecular weight excluding hydrogens is 222 g/mol. The van der Waals surface area contributed by atoms with Gasteiger partial charge in [0.25, 0.3) is 0 Å². The van der Waals surface area contributed by atoms with E-state index in [2.05, 4.69) is 4.74 Å². The minimum atomic E-state index is -0.720. The Hall–Kier alpha value is -1.65. The predicted octanol–water partition coefficient (Wildman–Crippen LogP) is 0.542. The van der Waals surface area contributed by atoms with Gasteiger partial charge in [0.1, 0.15) is 6.04 Å². The molecule has 5 nitrogen and oxygen atoms in total. The normalized spacial score (nSPS) is 25.1. The molecule has 94 valence electrons. The first-order valence-electron chi connectivity index (χ1n) is 5.51. The maximum absolute atomic E-state index is 11.9. The van der Waals surface area contributed by atoms with Gasteiger partial charge < -0.3 is 9.64 Å². The lowest BCUT2D eigenvalue weighted by Crippen LogP contribution is -2.52. The van der Waals surface area contributed by atoms with Gasteiger partial charge in [0, 0.05) is 12.1 Å². The Balaban J connectivity index is 2.98. The van der Waals surface area contributed by atoms with E-state index >= 15 is 0 Å². The van der Waals surface area contributed by atoms with Crippen LogP contribution in [-0.4, -0.2) is 42.3 Å². The molecule has 1 heterocycles. The molecule has 0 spiro atoms. The maximum Gasteiger partial charge on any atom is 0.328 e. The number of esters is 1. The molecule has 1 amide bonds. The zero-order chi connectivity index (χ0) is 13.2. The van der Waals surface area contributed by atoms with Crippen LogP contribution >= 0.6 is 0 Å². The number of ether oxygens (including phenoxy) is 1. The summed E-state index contributed by atoms with van der Waals surface area (Å²) in [6.45, 7) is 5.08. The zero-order valence-electron chi connectivity index (χ0n) is 10.5. The van der Waals surface area contributed by atoms with Crippen LogP contribution in [0.2, 0.25) is 0 Å². The van der Waals surface area contributed by atoms with Crippen molar-refractivity contribution in [1.29, 1.82) is 0 Å². The average Bonchev–Trinajstić information content (AvgIpc) is 2.34. The fourth-order valence-corrected chi connectivity index (χ4v) is 1.84. The average molecular weight is 239 g/mol. The molecule has 0 radical (unpaired) electrons. The standard InChI is InChI=1S/C12H17NO4/c1-5-9-6-13(8(3)12(16)17-4)11(15)7(2)10(9)14/h5,7-8H,6H2,1-4H3/b9-5+. The van der Waals surface area contributed by atoms with Gasteiger partial charge in [0.05, 0.1) is 13.0 Å². The van der Waals surface area contributed by atoms with Crippen molar-refractivity contribution in [3.05, 3.63) is 11.6 Å². The lowest BCUT2D eigenvalue weighted by Gasteiger charge is -2.34. The van der Waals surface area contributed by atoms with Crippen molar-refractivity contribution >= 4 is 17.7 Å². The second-order valence-electron chi connectivity index (χ2n) is 4.07. The topological polar surface area (TPSA) is 63.7 Å². The van der Waals surface area contributed by atoms with Crippen LogP contribution in [0.15, 0.2) is 11.6 Å². The number of carbonyl (C=O) groups excluding carboxylic acids is 3. The Kier molecular flexibility index (Phi) is 4.04. The lowest BCUT2D eigenvalue weighted by atomic mass is 9.92. The van der Waals surface area contributed by atoms with E-state index in [4.69, 9.17) is 0 Å². The minimum Gasteiger partial charge on any atom is -0.467 e. The number of hydrogen-bond donors (Lipinski definition) is 0. The number of Topliss-reactive ketones (excluding diaryl/α,β-unsaturated/α-hetero) is 1. The van der Waals surface area contributed by atoms with Crippen LogP contribution in [0, 0.1) is 5.92 Å². The van der Waals surface area contributed by atoms with Crippen molar-refractivity contribution in [2.75, 3.05) is 13.7 Å². The predicted molar refractivity (Wildman–Crippen MR) is 61.1 cm³/mol. The van der Waals surface area contributed by atoms with Gasteiger partial charge in [-0.2, -0.15) is 0 Å². The molecule has 17 heavy (non-hydrogen) atoms. The van der Waals surface area contributed by atoms with Crippen molar-refractivity contribution in [3.63, 3.8) is 0 Å². The van der Waals surface area contributed by atoms with E-state index in [1.807, 2.05) is 0 Å². The summed E-state index contributed by atoms with van der Waals surface area (Å²) < 4.78 is 4.61. The Labute approximate surface area is 100 Å². The number of ketones is 1. The number of likely N-dealkylation sites (tertiary alicyclic amines) is 1. The summed E-state index contributed by atoms with van der Waals surface area (Å²) >= 11 is 0. The molecule has 1 rings (SSSR count). The van der Waals surface area contributed by atoms with Crippen LogP contribution in [0.1, 0.15) is 20.8 Å². The molecule has 0 aromatic heterocycles. The summed E-state index contributed by atoms with van der Waals surface area (Å²) in [4.78, 5) is 36.5. The highest BCUT2D eigenvalue weighted by atomic mass is 16.5. The van der Waals surface area contributed by atoms with Gasteiger partial charge in [-0.15, -0.1) is 0 Å². The second kappa shape index (κ2) is 5.12. The first-order valence-corrected chi connectivity index (χ1v) is 5.51. The maximum atomic E-state index is 11.9. The van der Waals surface area contributed by atoms with Crippen LogP contribution < -0.4 is 0 Å². The van der Waals surface area contributed by atoms with Crippen molar-refractivity contribution in [1.82, 2.24) is 4.90 Å². The van der Waals surface area contributed by atoms with Gasteiger partial charge in [-0.25, -0.2) is 4.79 Å². The third-order valence-corrected chi connectivity index (χ3v) is 3.06. The van der Waals surface area contributed by atoms with E-state index in [9.17, 15) is 14.4 Å². The first kappa shape index (κ1) is 13.4. The number of hydrogen-bond acceptors (Lipinski definition) is 4.